The Morgan fingerprint density at radius 2 is 2.15 bits per heavy atom. The number of carbonyl (C=O) groups is 2. The van der Waals surface area contributed by atoms with Crippen LogP contribution >= 0.6 is 24.0 Å². The number of amides is 2. The number of methoxy groups -OCH3 is 1. The summed E-state index contributed by atoms with van der Waals surface area (Å²) < 4.78 is 5.21. The maximum absolute atomic E-state index is 12.3. The Balaban J connectivity index is 0.00000338. The van der Waals surface area contributed by atoms with Crippen molar-refractivity contribution in [1.82, 2.24) is 15.5 Å². The molecule has 1 aromatic rings. The standard InChI is InChI=1S/C17H25N5O3.HI/c1-18-17(19-10-16(24)21(2)3)20-12-8-15(23)22(11-12)13-6-5-7-14(9-13)25-4;/h5-7,9,12H,8,10-11H2,1-4H3,(H2,18,19,20);1H. The van der Waals surface area contributed by atoms with E-state index in [1.54, 1.807) is 33.2 Å². The summed E-state index contributed by atoms with van der Waals surface area (Å²) in [5.74, 6) is 1.19. The fourth-order valence-corrected chi connectivity index (χ4v) is 2.54. The number of hydrogen-bond acceptors (Lipinski definition) is 4. The van der Waals surface area contributed by atoms with Gasteiger partial charge < -0.3 is 25.2 Å². The third-order valence-corrected chi connectivity index (χ3v) is 3.96. The van der Waals surface area contributed by atoms with Crippen molar-refractivity contribution in [3.8, 4) is 5.75 Å². The lowest BCUT2D eigenvalue weighted by molar-refractivity contribution is -0.127. The first-order valence-electron chi connectivity index (χ1n) is 8.06. The van der Waals surface area contributed by atoms with Gasteiger partial charge >= 0.3 is 0 Å². The monoisotopic (exact) mass is 475 g/mol. The summed E-state index contributed by atoms with van der Waals surface area (Å²) in [7, 11) is 6.62. The molecule has 144 valence electrons. The fraction of sp³-hybridized carbons (Fsp3) is 0.471. The summed E-state index contributed by atoms with van der Waals surface area (Å²) >= 11 is 0. The Hall–Kier alpha value is -2.04. The minimum atomic E-state index is -0.0839. The maximum atomic E-state index is 12.3. The fourth-order valence-electron chi connectivity index (χ4n) is 2.54. The van der Waals surface area contributed by atoms with Crippen molar-refractivity contribution < 1.29 is 14.3 Å². The van der Waals surface area contributed by atoms with E-state index in [-0.39, 0.29) is 48.4 Å². The van der Waals surface area contributed by atoms with Crippen LogP contribution in [0.1, 0.15) is 6.42 Å². The number of aliphatic imine (C=N–C) groups is 1. The first-order chi connectivity index (χ1) is 11.9. The summed E-state index contributed by atoms with van der Waals surface area (Å²) in [6, 6.07) is 7.33. The van der Waals surface area contributed by atoms with Crippen LogP contribution in [0.25, 0.3) is 0 Å². The maximum Gasteiger partial charge on any atom is 0.241 e. The molecule has 0 bridgehead atoms. The highest BCUT2D eigenvalue weighted by molar-refractivity contribution is 14.0. The van der Waals surface area contributed by atoms with Gasteiger partial charge in [0.15, 0.2) is 5.96 Å². The number of carbonyl (C=O) groups excluding carboxylic acids is 2. The lowest BCUT2D eigenvalue weighted by Gasteiger charge is -2.19. The van der Waals surface area contributed by atoms with Gasteiger partial charge in [-0.3, -0.25) is 14.6 Å². The summed E-state index contributed by atoms with van der Waals surface area (Å²) in [4.78, 5) is 31.3. The van der Waals surface area contributed by atoms with Crippen molar-refractivity contribution in [2.24, 2.45) is 4.99 Å². The predicted molar refractivity (Wildman–Crippen MR) is 112 cm³/mol. The summed E-state index contributed by atoms with van der Waals surface area (Å²) in [5, 5.41) is 6.16. The largest absolute Gasteiger partial charge is 0.497 e. The minimum Gasteiger partial charge on any atom is -0.497 e. The molecule has 1 aliphatic heterocycles. The average molecular weight is 475 g/mol. The number of rotatable bonds is 5. The van der Waals surface area contributed by atoms with Gasteiger partial charge in [-0.05, 0) is 12.1 Å². The first-order valence-corrected chi connectivity index (χ1v) is 8.06. The van der Waals surface area contributed by atoms with E-state index in [1.165, 1.54) is 4.90 Å². The van der Waals surface area contributed by atoms with Crippen LogP contribution in [0.2, 0.25) is 0 Å². The van der Waals surface area contributed by atoms with Gasteiger partial charge in [0.1, 0.15) is 5.75 Å². The van der Waals surface area contributed by atoms with Gasteiger partial charge in [0.25, 0.3) is 0 Å². The number of benzene rings is 1. The zero-order valence-corrected chi connectivity index (χ0v) is 17.8. The number of ether oxygens (including phenoxy) is 1. The Morgan fingerprint density at radius 1 is 1.42 bits per heavy atom. The molecule has 9 heteroatoms. The molecule has 1 fully saturated rings. The van der Waals surface area contributed by atoms with Gasteiger partial charge in [0, 0.05) is 45.9 Å². The van der Waals surface area contributed by atoms with E-state index >= 15 is 0 Å². The zero-order valence-electron chi connectivity index (χ0n) is 15.5. The molecule has 2 amide bonds. The first kappa shape index (κ1) is 22.0. The Morgan fingerprint density at radius 3 is 2.77 bits per heavy atom. The van der Waals surface area contributed by atoms with E-state index < -0.39 is 0 Å². The molecule has 1 unspecified atom stereocenters. The molecule has 0 aliphatic carbocycles. The molecule has 2 rings (SSSR count). The summed E-state index contributed by atoms with van der Waals surface area (Å²) in [6.45, 7) is 0.668. The van der Waals surface area contributed by atoms with E-state index in [0.717, 1.165) is 5.69 Å². The molecule has 0 radical (unpaired) electrons. The second-order valence-electron chi connectivity index (χ2n) is 5.97. The van der Waals surface area contributed by atoms with Crippen LogP contribution in [-0.2, 0) is 9.59 Å². The summed E-state index contributed by atoms with van der Waals surface area (Å²) in [6.07, 6.45) is 0.361. The Kier molecular flexibility index (Phi) is 8.62. The molecule has 1 atom stereocenters. The topological polar surface area (TPSA) is 86.3 Å². The highest BCUT2D eigenvalue weighted by atomic mass is 127. The molecule has 1 aromatic carbocycles. The molecular weight excluding hydrogens is 449 g/mol. The molecular formula is C17H26IN5O3. The number of nitrogens with one attached hydrogen (secondary N) is 2. The van der Waals surface area contributed by atoms with Crippen LogP contribution in [0.4, 0.5) is 5.69 Å². The normalized spacial score (nSPS) is 16.8. The van der Waals surface area contributed by atoms with Crippen molar-refractivity contribution in [2.75, 3.05) is 46.2 Å². The van der Waals surface area contributed by atoms with Gasteiger partial charge in [-0.1, -0.05) is 6.07 Å². The Labute approximate surface area is 171 Å². The van der Waals surface area contributed by atoms with E-state index in [9.17, 15) is 9.59 Å². The Bertz CT molecular complexity index is 666. The van der Waals surface area contributed by atoms with E-state index in [0.29, 0.717) is 24.7 Å². The van der Waals surface area contributed by atoms with Crippen LogP contribution in [0.5, 0.6) is 5.75 Å². The molecule has 0 aromatic heterocycles. The van der Waals surface area contributed by atoms with Gasteiger partial charge in [0.05, 0.1) is 19.7 Å². The third kappa shape index (κ3) is 5.75. The van der Waals surface area contributed by atoms with Gasteiger partial charge in [0.2, 0.25) is 11.8 Å². The predicted octanol–water partition coefficient (Wildman–Crippen LogP) is 0.672. The van der Waals surface area contributed by atoms with E-state index in [1.807, 2.05) is 24.3 Å². The smallest absolute Gasteiger partial charge is 0.241 e. The second-order valence-corrected chi connectivity index (χ2v) is 5.97. The molecule has 2 N–H and O–H groups in total. The number of nitrogens with zero attached hydrogens (tertiary/aromatic N) is 3. The number of hydrogen-bond donors (Lipinski definition) is 2. The molecule has 1 aliphatic rings. The van der Waals surface area contributed by atoms with Crippen LogP contribution in [0.15, 0.2) is 29.3 Å². The summed E-state index contributed by atoms with van der Waals surface area (Å²) in [5.41, 5.74) is 0.805. The van der Waals surface area contributed by atoms with E-state index in [2.05, 4.69) is 15.6 Å². The lowest BCUT2D eigenvalue weighted by Crippen LogP contribution is -2.47. The van der Waals surface area contributed by atoms with Crippen LogP contribution in [-0.4, -0.2) is 70.1 Å². The van der Waals surface area contributed by atoms with Crippen molar-refractivity contribution in [1.29, 1.82) is 0 Å². The quantitative estimate of drug-likeness (QED) is 0.372. The van der Waals surface area contributed by atoms with Crippen LogP contribution in [0, 0.1) is 0 Å². The highest BCUT2D eigenvalue weighted by Gasteiger charge is 2.31. The second kappa shape index (κ2) is 10.2. The van der Waals surface area contributed by atoms with Crippen molar-refractivity contribution in [2.45, 2.75) is 12.5 Å². The van der Waals surface area contributed by atoms with E-state index in [4.69, 9.17) is 4.74 Å². The number of guanidine groups is 1. The molecule has 0 saturated carbocycles. The molecule has 8 nitrogen and oxygen atoms in total. The number of halogens is 1. The van der Waals surface area contributed by atoms with Crippen molar-refractivity contribution >= 4 is 47.4 Å². The molecule has 0 spiro atoms. The van der Waals surface area contributed by atoms with Crippen LogP contribution in [0.3, 0.4) is 0 Å². The number of likely N-dealkylation sites (N-methyl/N-ethyl adjacent to an activating group) is 1. The molecule has 26 heavy (non-hydrogen) atoms. The van der Waals surface area contributed by atoms with Crippen molar-refractivity contribution in [3.63, 3.8) is 0 Å². The highest BCUT2D eigenvalue weighted by Crippen LogP contribution is 2.25. The van der Waals surface area contributed by atoms with Gasteiger partial charge in [-0.15, -0.1) is 24.0 Å². The van der Waals surface area contributed by atoms with Gasteiger partial charge in [-0.2, -0.15) is 0 Å². The third-order valence-electron chi connectivity index (χ3n) is 3.96. The SMILES string of the molecule is CN=C(NCC(=O)N(C)C)NC1CC(=O)N(c2cccc(OC)c2)C1.I. The lowest BCUT2D eigenvalue weighted by atomic mass is 10.2. The number of anilines is 1. The van der Waals surface area contributed by atoms with Crippen molar-refractivity contribution in [3.05, 3.63) is 24.3 Å². The zero-order chi connectivity index (χ0) is 18.4. The van der Waals surface area contributed by atoms with Crippen LogP contribution < -0.4 is 20.3 Å². The molecule has 1 heterocycles. The molecule has 1 saturated heterocycles. The minimum absolute atomic E-state index is 0. The van der Waals surface area contributed by atoms with Gasteiger partial charge in [-0.25, -0.2) is 0 Å². The average Bonchev–Trinajstić information content (AvgIpc) is 2.98.